The van der Waals surface area contributed by atoms with Crippen molar-refractivity contribution in [3.8, 4) is 17.2 Å². The molecule has 1 unspecified atom stereocenters. The number of morpholine rings is 1. The number of amides is 1. The van der Waals surface area contributed by atoms with Gasteiger partial charge in [0, 0.05) is 31.7 Å². The molecule has 2 aliphatic heterocycles. The lowest BCUT2D eigenvalue weighted by molar-refractivity contribution is -0.140. The fraction of sp³-hybridized carbons (Fsp3) is 0.515. The molecule has 1 N–H and O–H groups in total. The number of unbranched alkanes of at least 4 members (excludes halogenated alkanes) is 1. The SMILES string of the molecule is CCCCOc1cccc(C(O)=C2C(=O)C(=O)N(CCN3CCOCC3)C2c2ccc(OCCC(C)C)c(OC)c2)c1. The van der Waals surface area contributed by atoms with Crippen molar-refractivity contribution in [2.75, 3.05) is 59.7 Å². The maximum absolute atomic E-state index is 13.6. The van der Waals surface area contributed by atoms with Gasteiger partial charge in [0.2, 0.25) is 0 Å². The van der Waals surface area contributed by atoms with E-state index in [2.05, 4.69) is 25.7 Å². The van der Waals surface area contributed by atoms with Crippen LogP contribution >= 0.6 is 0 Å². The van der Waals surface area contributed by atoms with Crippen molar-refractivity contribution in [1.82, 2.24) is 9.80 Å². The monoisotopic (exact) mass is 580 g/mol. The lowest BCUT2D eigenvalue weighted by atomic mass is 9.95. The zero-order valence-electron chi connectivity index (χ0n) is 25.3. The van der Waals surface area contributed by atoms with E-state index in [1.54, 1.807) is 42.3 Å². The van der Waals surface area contributed by atoms with E-state index in [1.807, 2.05) is 12.1 Å². The summed E-state index contributed by atoms with van der Waals surface area (Å²) in [5.74, 6) is 0.594. The molecular formula is C33H44N2O7. The first kappa shape index (κ1) is 31.4. The number of hydrogen-bond donors (Lipinski definition) is 1. The predicted octanol–water partition coefficient (Wildman–Crippen LogP) is 5.05. The quantitative estimate of drug-likeness (QED) is 0.144. The molecule has 2 saturated heterocycles. The average Bonchev–Trinajstić information content (AvgIpc) is 3.25. The van der Waals surface area contributed by atoms with Gasteiger partial charge in [0.25, 0.3) is 11.7 Å². The second-order valence-corrected chi connectivity index (χ2v) is 11.1. The van der Waals surface area contributed by atoms with E-state index in [0.717, 1.165) is 32.4 Å². The number of likely N-dealkylation sites (tertiary alicyclic amines) is 1. The summed E-state index contributed by atoms with van der Waals surface area (Å²) in [7, 11) is 1.56. The number of carbonyl (C=O) groups excluding carboxylic acids is 2. The topological polar surface area (TPSA) is 97.8 Å². The molecule has 2 aromatic rings. The van der Waals surface area contributed by atoms with E-state index in [0.29, 0.717) is 73.8 Å². The number of methoxy groups -OCH3 is 1. The molecule has 9 nitrogen and oxygen atoms in total. The fourth-order valence-corrected chi connectivity index (χ4v) is 5.13. The number of Topliss-reactive ketones (excluding diaryl/α,β-unsaturated/α-hetero) is 1. The molecule has 0 aromatic heterocycles. The van der Waals surface area contributed by atoms with Crippen LogP contribution in [0.25, 0.3) is 5.76 Å². The van der Waals surface area contributed by atoms with E-state index in [1.165, 1.54) is 0 Å². The summed E-state index contributed by atoms with van der Waals surface area (Å²) in [6, 6.07) is 11.6. The Bertz CT molecular complexity index is 1250. The van der Waals surface area contributed by atoms with Crippen LogP contribution in [-0.4, -0.2) is 86.3 Å². The molecule has 0 radical (unpaired) electrons. The molecule has 228 valence electrons. The highest BCUT2D eigenvalue weighted by molar-refractivity contribution is 6.46. The molecule has 1 atom stereocenters. The number of nitrogens with zero attached hydrogens (tertiary/aromatic N) is 2. The Morgan fingerprint density at radius 1 is 1.02 bits per heavy atom. The van der Waals surface area contributed by atoms with Gasteiger partial charge in [0.05, 0.1) is 45.2 Å². The Labute approximate surface area is 249 Å². The van der Waals surface area contributed by atoms with Crippen LogP contribution < -0.4 is 14.2 Å². The largest absolute Gasteiger partial charge is 0.507 e. The van der Waals surface area contributed by atoms with E-state index < -0.39 is 17.7 Å². The van der Waals surface area contributed by atoms with Crippen molar-refractivity contribution < 1.29 is 33.6 Å². The first-order valence-corrected chi connectivity index (χ1v) is 15.0. The fourth-order valence-electron chi connectivity index (χ4n) is 5.13. The summed E-state index contributed by atoms with van der Waals surface area (Å²) in [4.78, 5) is 30.8. The molecule has 2 aliphatic rings. The van der Waals surface area contributed by atoms with Crippen LogP contribution in [0.4, 0.5) is 0 Å². The highest BCUT2D eigenvalue weighted by Gasteiger charge is 2.46. The summed E-state index contributed by atoms with van der Waals surface area (Å²) >= 11 is 0. The van der Waals surface area contributed by atoms with Gasteiger partial charge in [0.15, 0.2) is 11.5 Å². The molecule has 0 spiro atoms. The van der Waals surface area contributed by atoms with Crippen LogP contribution in [-0.2, 0) is 14.3 Å². The van der Waals surface area contributed by atoms with E-state index in [4.69, 9.17) is 18.9 Å². The molecule has 2 fully saturated rings. The highest BCUT2D eigenvalue weighted by atomic mass is 16.5. The lowest BCUT2D eigenvalue weighted by Gasteiger charge is -2.31. The zero-order valence-corrected chi connectivity index (χ0v) is 25.3. The molecule has 0 saturated carbocycles. The third-order valence-electron chi connectivity index (χ3n) is 7.63. The van der Waals surface area contributed by atoms with E-state index in [-0.39, 0.29) is 11.3 Å². The summed E-state index contributed by atoms with van der Waals surface area (Å²) < 4.78 is 22.9. The number of aliphatic hydroxyl groups excluding tert-OH is 1. The first-order chi connectivity index (χ1) is 20.3. The number of hydrogen-bond acceptors (Lipinski definition) is 8. The number of benzene rings is 2. The van der Waals surface area contributed by atoms with E-state index in [9.17, 15) is 14.7 Å². The van der Waals surface area contributed by atoms with Gasteiger partial charge in [-0.05, 0) is 48.6 Å². The number of carbonyl (C=O) groups is 2. The standard InChI is InChI=1S/C33H44N2O7/c1-5-6-17-41-26-9-7-8-25(21-26)31(36)29-30(24-10-11-27(28(22-24)39-4)42-18-12-23(2)3)35(33(38)32(29)37)14-13-34-15-19-40-20-16-34/h7-11,21-23,30,36H,5-6,12-20H2,1-4H3. The molecule has 2 heterocycles. The Morgan fingerprint density at radius 2 is 1.81 bits per heavy atom. The summed E-state index contributed by atoms with van der Waals surface area (Å²) in [6.07, 6.45) is 2.80. The minimum absolute atomic E-state index is 0.0446. The summed E-state index contributed by atoms with van der Waals surface area (Å²) in [5.41, 5.74) is 1.12. The Balaban J connectivity index is 1.71. The molecule has 0 bridgehead atoms. The Hall–Kier alpha value is -3.56. The Morgan fingerprint density at radius 3 is 2.52 bits per heavy atom. The third-order valence-corrected chi connectivity index (χ3v) is 7.63. The number of aliphatic hydroxyl groups is 1. The van der Waals surface area contributed by atoms with Crippen molar-refractivity contribution >= 4 is 17.4 Å². The van der Waals surface area contributed by atoms with Gasteiger partial charge in [-0.15, -0.1) is 0 Å². The van der Waals surface area contributed by atoms with E-state index >= 15 is 0 Å². The summed E-state index contributed by atoms with van der Waals surface area (Å²) in [6.45, 7) is 11.1. The lowest BCUT2D eigenvalue weighted by Crippen LogP contribution is -2.42. The number of ketones is 1. The van der Waals surface area contributed by atoms with Crippen LogP contribution in [0.5, 0.6) is 17.2 Å². The van der Waals surface area contributed by atoms with Gasteiger partial charge < -0.3 is 29.0 Å². The van der Waals surface area contributed by atoms with Crippen LogP contribution in [0.3, 0.4) is 0 Å². The van der Waals surface area contributed by atoms with Crippen LogP contribution in [0.1, 0.15) is 57.2 Å². The van der Waals surface area contributed by atoms with Gasteiger partial charge in [-0.1, -0.05) is 45.4 Å². The third kappa shape index (κ3) is 7.63. The van der Waals surface area contributed by atoms with Crippen molar-refractivity contribution in [3.63, 3.8) is 0 Å². The molecular weight excluding hydrogens is 536 g/mol. The molecule has 4 rings (SSSR count). The van der Waals surface area contributed by atoms with Gasteiger partial charge in [-0.3, -0.25) is 14.5 Å². The van der Waals surface area contributed by atoms with Gasteiger partial charge in [-0.2, -0.15) is 0 Å². The predicted molar refractivity (Wildman–Crippen MR) is 161 cm³/mol. The molecule has 2 aromatic carbocycles. The van der Waals surface area contributed by atoms with Crippen molar-refractivity contribution in [2.24, 2.45) is 5.92 Å². The van der Waals surface area contributed by atoms with Crippen molar-refractivity contribution in [1.29, 1.82) is 0 Å². The van der Waals surface area contributed by atoms with Gasteiger partial charge in [0.1, 0.15) is 11.5 Å². The maximum atomic E-state index is 13.6. The van der Waals surface area contributed by atoms with Gasteiger partial charge >= 0.3 is 0 Å². The maximum Gasteiger partial charge on any atom is 0.295 e. The normalized spacial score (nSPS) is 19.0. The molecule has 1 amide bonds. The number of ether oxygens (including phenoxy) is 4. The zero-order chi connectivity index (χ0) is 30.1. The Kier molecular flexibility index (Phi) is 11.3. The smallest absolute Gasteiger partial charge is 0.295 e. The second-order valence-electron chi connectivity index (χ2n) is 11.1. The second kappa shape index (κ2) is 15.1. The minimum Gasteiger partial charge on any atom is -0.507 e. The van der Waals surface area contributed by atoms with Crippen molar-refractivity contribution in [3.05, 3.63) is 59.2 Å². The van der Waals surface area contributed by atoms with Crippen LogP contribution in [0, 0.1) is 5.92 Å². The summed E-state index contributed by atoms with van der Waals surface area (Å²) in [5, 5.41) is 11.6. The highest BCUT2D eigenvalue weighted by Crippen LogP contribution is 2.42. The first-order valence-electron chi connectivity index (χ1n) is 15.0. The van der Waals surface area contributed by atoms with Gasteiger partial charge in [-0.25, -0.2) is 0 Å². The van der Waals surface area contributed by atoms with Crippen LogP contribution in [0.15, 0.2) is 48.0 Å². The molecule has 0 aliphatic carbocycles. The molecule has 42 heavy (non-hydrogen) atoms. The average molecular weight is 581 g/mol. The van der Waals surface area contributed by atoms with Crippen molar-refractivity contribution in [2.45, 2.75) is 46.1 Å². The van der Waals surface area contributed by atoms with Crippen LogP contribution in [0.2, 0.25) is 0 Å². The minimum atomic E-state index is -0.797. The molecule has 9 heteroatoms. The number of rotatable bonds is 14.